The topological polar surface area (TPSA) is 66.9 Å². The third-order valence-electron chi connectivity index (χ3n) is 6.96. The van der Waals surface area contributed by atoms with Crippen LogP contribution in [0.3, 0.4) is 0 Å². The fourth-order valence-electron chi connectivity index (χ4n) is 4.88. The van der Waals surface area contributed by atoms with Crippen molar-refractivity contribution in [3.8, 4) is 0 Å². The van der Waals surface area contributed by atoms with Gasteiger partial charge >= 0.3 is 0 Å². The number of carbonyl (C=O) groups is 2. The van der Waals surface area contributed by atoms with E-state index in [1.165, 1.54) is 0 Å². The monoisotopic (exact) mass is 464 g/mol. The Balaban J connectivity index is 1.92. The van der Waals surface area contributed by atoms with E-state index < -0.39 is 11.2 Å². The third-order valence-corrected chi connectivity index (χ3v) is 6.96. The van der Waals surface area contributed by atoms with E-state index in [1.807, 2.05) is 82.4 Å². The Morgan fingerprint density at radius 2 is 1.38 bits per heavy atom. The lowest BCUT2D eigenvalue weighted by Crippen LogP contribution is -2.48. The van der Waals surface area contributed by atoms with Crippen LogP contribution >= 0.6 is 0 Å². The van der Waals surface area contributed by atoms with Gasteiger partial charge < -0.3 is 9.84 Å². The lowest BCUT2D eigenvalue weighted by molar-refractivity contribution is -0.118. The van der Waals surface area contributed by atoms with Crippen LogP contribution in [0, 0.1) is 5.41 Å². The molecule has 0 unspecified atom stereocenters. The Hall–Kier alpha value is -2.56. The van der Waals surface area contributed by atoms with Gasteiger partial charge in [-0.1, -0.05) is 85.8 Å². The molecule has 184 valence electrons. The van der Waals surface area contributed by atoms with E-state index in [9.17, 15) is 14.7 Å². The van der Waals surface area contributed by atoms with Crippen LogP contribution in [0.15, 0.2) is 83.1 Å². The molecule has 0 aromatic rings. The van der Waals surface area contributed by atoms with Crippen LogP contribution in [-0.4, -0.2) is 34.5 Å². The normalized spacial score (nSPS) is 30.3. The molecule has 4 heteroatoms. The van der Waals surface area contributed by atoms with Crippen molar-refractivity contribution in [2.24, 2.45) is 5.41 Å². The summed E-state index contributed by atoms with van der Waals surface area (Å²) < 4.78 is 6.14. The van der Waals surface area contributed by atoms with Crippen molar-refractivity contribution in [1.82, 2.24) is 0 Å². The van der Waals surface area contributed by atoms with Crippen molar-refractivity contribution < 1.29 is 19.4 Å². The van der Waals surface area contributed by atoms with Crippen LogP contribution < -0.4 is 0 Å². The van der Waals surface area contributed by atoms with Crippen molar-refractivity contribution >= 4 is 12.1 Å². The van der Waals surface area contributed by atoms with E-state index in [4.69, 9.17) is 4.74 Å². The molecule has 0 radical (unpaired) electrons. The molecule has 0 aromatic heterocycles. The Bertz CT molecular complexity index is 999. The van der Waals surface area contributed by atoms with Crippen molar-refractivity contribution in [3.05, 3.63) is 83.1 Å². The molecule has 1 aliphatic carbocycles. The Kier molecular flexibility index (Phi) is 9.15. The molecule has 1 saturated heterocycles. The summed E-state index contributed by atoms with van der Waals surface area (Å²) in [4.78, 5) is 23.5. The van der Waals surface area contributed by atoms with Gasteiger partial charge in [0.15, 0.2) is 5.78 Å². The zero-order chi connectivity index (χ0) is 25.6. The van der Waals surface area contributed by atoms with Gasteiger partial charge in [0.2, 0.25) is 0 Å². The average Bonchev–Trinajstić information content (AvgIpc) is 3.35. The summed E-state index contributed by atoms with van der Waals surface area (Å²) in [6.07, 6.45) is 21.3. The molecule has 2 aliphatic rings. The molecule has 4 nitrogen and oxygen atoms in total. The summed E-state index contributed by atoms with van der Waals surface area (Å²) in [6.45, 7) is 13.8. The first kappa shape index (κ1) is 27.7. The van der Waals surface area contributed by atoms with Crippen molar-refractivity contribution in [2.75, 3.05) is 0 Å². The maximum atomic E-state index is 12.9. The van der Waals surface area contributed by atoms with Crippen molar-refractivity contribution in [2.45, 2.75) is 85.0 Å². The summed E-state index contributed by atoms with van der Waals surface area (Å²) in [5, 5.41) is 10.2. The first-order valence-corrected chi connectivity index (χ1v) is 11.9. The number of epoxide rings is 1. The maximum absolute atomic E-state index is 12.9. The molecule has 1 N–H and O–H groups in total. The van der Waals surface area contributed by atoms with Gasteiger partial charge in [-0.3, -0.25) is 9.59 Å². The van der Waals surface area contributed by atoms with Gasteiger partial charge in [-0.15, -0.1) is 0 Å². The number of carbonyl (C=O) groups excluding carboxylic acids is 2. The number of ether oxygens (including phenoxy) is 1. The second-order valence-corrected chi connectivity index (χ2v) is 10.5. The third kappa shape index (κ3) is 6.74. The number of rotatable bonds is 10. The molecule has 1 aliphatic heterocycles. The second kappa shape index (κ2) is 11.2. The number of aliphatic hydroxyl groups is 1. The van der Waals surface area contributed by atoms with Crippen LogP contribution in [0.4, 0.5) is 0 Å². The lowest BCUT2D eigenvalue weighted by atomic mass is 9.61. The molecule has 3 atom stereocenters. The Labute approximate surface area is 205 Å². The highest BCUT2D eigenvalue weighted by Gasteiger charge is 2.76. The van der Waals surface area contributed by atoms with E-state index >= 15 is 0 Å². The molecule has 0 amide bonds. The number of Topliss-reactive ketones (excluding diaryl/α,β-unsaturated/α-hetero) is 1. The first-order chi connectivity index (χ1) is 15.9. The van der Waals surface area contributed by atoms with Crippen LogP contribution in [-0.2, 0) is 14.3 Å². The molecule has 34 heavy (non-hydrogen) atoms. The molecule has 1 heterocycles. The summed E-state index contributed by atoms with van der Waals surface area (Å²) in [5.74, 6) is 0.0891. The quantitative estimate of drug-likeness (QED) is 0.178. The van der Waals surface area contributed by atoms with E-state index in [-0.39, 0.29) is 17.3 Å². The predicted molar refractivity (Wildman–Crippen MR) is 139 cm³/mol. The first-order valence-electron chi connectivity index (χ1n) is 11.9. The zero-order valence-corrected chi connectivity index (χ0v) is 21.7. The zero-order valence-electron chi connectivity index (χ0n) is 21.7. The Morgan fingerprint density at radius 3 is 1.91 bits per heavy atom. The highest BCUT2D eigenvalue weighted by atomic mass is 16.6. The fraction of sp³-hybridized carbons (Fsp3) is 0.467. The van der Waals surface area contributed by atoms with Crippen LogP contribution in [0.2, 0.25) is 0 Å². The minimum absolute atomic E-state index is 0.0891. The van der Waals surface area contributed by atoms with Gasteiger partial charge in [0.1, 0.15) is 11.9 Å². The highest BCUT2D eigenvalue weighted by Crippen LogP contribution is 2.67. The van der Waals surface area contributed by atoms with E-state index in [2.05, 4.69) is 13.8 Å². The average molecular weight is 465 g/mol. The minimum Gasteiger partial charge on any atom is -0.393 e. The van der Waals surface area contributed by atoms with E-state index in [0.29, 0.717) is 30.4 Å². The molecule has 2 fully saturated rings. The highest BCUT2D eigenvalue weighted by molar-refractivity contribution is 5.96. The van der Waals surface area contributed by atoms with Gasteiger partial charge in [0, 0.05) is 12.8 Å². The second-order valence-electron chi connectivity index (χ2n) is 10.5. The molecular weight excluding hydrogens is 424 g/mol. The van der Waals surface area contributed by atoms with Gasteiger partial charge in [0.25, 0.3) is 0 Å². The van der Waals surface area contributed by atoms with E-state index in [0.717, 1.165) is 17.4 Å². The van der Waals surface area contributed by atoms with Gasteiger partial charge in [-0.25, -0.2) is 0 Å². The van der Waals surface area contributed by atoms with Crippen LogP contribution in [0.1, 0.15) is 67.7 Å². The van der Waals surface area contributed by atoms with Crippen LogP contribution in [0.5, 0.6) is 0 Å². The predicted octanol–water partition coefficient (Wildman–Crippen LogP) is 6.31. The number of allylic oxidation sites excluding steroid dienone is 14. The molecule has 0 aromatic carbocycles. The number of fused-ring (bicyclic) bond motifs is 1. The molecule has 2 rings (SSSR count). The summed E-state index contributed by atoms with van der Waals surface area (Å²) in [5.41, 5.74) is 2.39. The standard InChI is InChI=1S/C30H40O4/c1-22(14-10-16-24(3)21-31)12-8-9-13-23(2)15-11-17-25(4)27(33)20-30-28(5,6)18-26(32)19-29(30,7)34-30/h8-17,21,26,32H,18-20H2,1-7H3/b9-8+,14-10+,15-11+,22-12+,23-13+,24-16+,25-17+/t26-,29+,30-/m0/s1. The molecular formula is C30H40O4. The largest absolute Gasteiger partial charge is 0.393 e. The summed E-state index contributed by atoms with van der Waals surface area (Å²) in [7, 11) is 0. The number of hydrogen-bond donors (Lipinski definition) is 1. The van der Waals surface area contributed by atoms with E-state index in [1.54, 1.807) is 13.0 Å². The SMILES string of the molecule is C\C(C=O)=C/C=C/C(C)=C/C=C/C=C(C)/C=C/C=C(\C)C(=O)C[C@@]12O[C@]1(C)C[C@@H](O)CC2(C)C. The van der Waals surface area contributed by atoms with Crippen molar-refractivity contribution in [1.29, 1.82) is 0 Å². The molecule has 0 spiro atoms. The maximum Gasteiger partial charge on any atom is 0.161 e. The molecule has 0 bridgehead atoms. The fourth-order valence-corrected chi connectivity index (χ4v) is 4.88. The van der Waals surface area contributed by atoms with Crippen LogP contribution in [0.25, 0.3) is 0 Å². The van der Waals surface area contributed by atoms with Crippen molar-refractivity contribution in [3.63, 3.8) is 0 Å². The van der Waals surface area contributed by atoms with Gasteiger partial charge in [-0.05, 0) is 57.6 Å². The lowest BCUT2D eigenvalue weighted by Gasteiger charge is -2.40. The van der Waals surface area contributed by atoms with Gasteiger partial charge in [-0.2, -0.15) is 0 Å². The number of ketones is 1. The minimum atomic E-state index is -0.486. The van der Waals surface area contributed by atoms with Gasteiger partial charge in [0.05, 0.1) is 11.7 Å². The summed E-state index contributed by atoms with van der Waals surface area (Å²) in [6, 6.07) is 0. The summed E-state index contributed by atoms with van der Waals surface area (Å²) >= 11 is 0. The Morgan fingerprint density at radius 1 is 0.853 bits per heavy atom. The number of aldehydes is 1. The number of hydrogen-bond acceptors (Lipinski definition) is 4. The number of aliphatic hydroxyl groups excluding tert-OH is 1. The molecule has 1 saturated carbocycles. The smallest absolute Gasteiger partial charge is 0.161 e.